The average molecular weight is 264 g/mol. The first-order valence-electron chi connectivity index (χ1n) is 5.48. The van der Waals surface area contributed by atoms with Crippen LogP contribution in [0.15, 0.2) is 29.8 Å². The molecule has 0 saturated heterocycles. The molecule has 0 spiro atoms. The number of carbonyl (C=O) groups is 1. The van der Waals surface area contributed by atoms with Crippen molar-refractivity contribution in [2.75, 3.05) is 7.05 Å². The standard InChI is InChI=1S/C13H13FN2OS/c1-9-12(18-8-15-9)13(17)16(2)7-10-4-3-5-11(14)6-10/h3-6,8H,7H2,1-2H3. The third kappa shape index (κ3) is 2.73. The number of benzene rings is 1. The molecular weight excluding hydrogens is 251 g/mol. The molecule has 0 aliphatic carbocycles. The van der Waals surface area contributed by atoms with E-state index in [1.807, 2.05) is 0 Å². The lowest BCUT2D eigenvalue weighted by molar-refractivity contribution is 0.0789. The second kappa shape index (κ2) is 5.27. The van der Waals surface area contributed by atoms with Crippen LogP contribution in [0.5, 0.6) is 0 Å². The average Bonchev–Trinajstić information content (AvgIpc) is 2.74. The summed E-state index contributed by atoms with van der Waals surface area (Å²) in [4.78, 5) is 18.4. The Balaban J connectivity index is 2.11. The Hall–Kier alpha value is -1.75. The molecule has 0 N–H and O–H groups in total. The molecule has 1 aromatic heterocycles. The second-order valence-corrected chi connectivity index (χ2v) is 4.91. The Morgan fingerprint density at radius 1 is 1.50 bits per heavy atom. The van der Waals surface area contributed by atoms with Crippen LogP contribution in [-0.4, -0.2) is 22.8 Å². The van der Waals surface area contributed by atoms with Gasteiger partial charge in [0.1, 0.15) is 10.7 Å². The molecular formula is C13H13FN2OS. The van der Waals surface area contributed by atoms with E-state index < -0.39 is 0 Å². The van der Waals surface area contributed by atoms with Crippen molar-refractivity contribution in [2.24, 2.45) is 0 Å². The maximum absolute atomic E-state index is 13.0. The lowest BCUT2D eigenvalue weighted by atomic mass is 10.2. The maximum Gasteiger partial charge on any atom is 0.265 e. The van der Waals surface area contributed by atoms with Crippen molar-refractivity contribution in [1.29, 1.82) is 0 Å². The zero-order valence-electron chi connectivity index (χ0n) is 10.2. The van der Waals surface area contributed by atoms with E-state index in [2.05, 4.69) is 4.98 Å². The van der Waals surface area contributed by atoms with Crippen LogP contribution in [0.2, 0.25) is 0 Å². The first kappa shape index (κ1) is 12.7. The molecule has 0 radical (unpaired) electrons. The van der Waals surface area contributed by atoms with Gasteiger partial charge in [-0.1, -0.05) is 12.1 Å². The second-order valence-electron chi connectivity index (χ2n) is 4.06. The molecule has 0 fully saturated rings. The van der Waals surface area contributed by atoms with Gasteiger partial charge in [0.25, 0.3) is 5.91 Å². The largest absolute Gasteiger partial charge is 0.337 e. The lowest BCUT2D eigenvalue weighted by Gasteiger charge is -2.16. The highest BCUT2D eigenvalue weighted by molar-refractivity contribution is 7.11. The molecule has 0 aliphatic heterocycles. The Kier molecular flexibility index (Phi) is 3.72. The van der Waals surface area contributed by atoms with Crippen LogP contribution < -0.4 is 0 Å². The Morgan fingerprint density at radius 2 is 2.28 bits per heavy atom. The van der Waals surface area contributed by atoms with Crippen molar-refractivity contribution >= 4 is 17.2 Å². The van der Waals surface area contributed by atoms with E-state index >= 15 is 0 Å². The number of aromatic nitrogens is 1. The van der Waals surface area contributed by atoms with Crippen LogP contribution >= 0.6 is 11.3 Å². The molecule has 94 valence electrons. The van der Waals surface area contributed by atoms with Gasteiger partial charge in [0.05, 0.1) is 11.2 Å². The number of halogens is 1. The predicted molar refractivity (Wildman–Crippen MR) is 69.0 cm³/mol. The monoisotopic (exact) mass is 264 g/mol. The SMILES string of the molecule is Cc1ncsc1C(=O)N(C)Cc1cccc(F)c1. The smallest absolute Gasteiger partial charge is 0.265 e. The van der Waals surface area contributed by atoms with E-state index in [0.29, 0.717) is 11.4 Å². The summed E-state index contributed by atoms with van der Waals surface area (Å²) in [5, 5.41) is 0. The summed E-state index contributed by atoms with van der Waals surface area (Å²) >= 11 is 1.32. The number of rotatable bonds is 3. The topological polar surface area (TPSA) is 33.2 Å². The number of hydrogen-bond acceptors (Lipinski definition) is 3. The van der Waals surface area contributed by atoms with Crippen molar-refractivity contribution in [3.05, 3.63) is 51.7 Å². The molecule has 2 rings (SSSR count). The highest BCUT2D eigenvalue weighted by atomic mass is 32.1. The predicted octanol–water partition coefficient (Wildman–Crippen LogP) is 2.86. The molecule has 0 aliphatic rings. The van der Waals surface area contributed by atoms with Crippen LogP contribution in [0.1, 0.15) is 20.9 Å². The minimum atomic E-state index is -0.290. The number of carbonyl (C=O) groups excluding carboxylic acids is 1. The van der Waals surface area contributed by atoms with Crippen LogP contribution in [0.4, 0.5) is 4.39 Å². The zero-order chi connectivity index (χ0) is 13.1. The molecule has 5 heteroatoms. The first-order valence-corrected chi connectivity index (χ1v) is 6.36. The summed E-state index contributed by atoms with van der Waals surface area (Å²) in [6.07, 6.45) is 0. The summed E-state index contributed by atoms with van der Waals surface area (Å²) in [6.45, 7) is 2.19. The summed E-state index contributed by atoms with van der Waals surface area (Å²) in [7, 11) is 1.70. The van der Waals surface area contributed by atoms with E-state index in [-0.39, 0.29) is 11.7 Å². The van der Waals surface area contributed by atoms with Crippen molar-refractivity contribution < 1.29 is 9.18 Å². The fraction of sp³-hybridized carbons (Fsp3) is 0.231. The van der Waals surface area contributed by atoms with Gasteiger partial charge < -0.3 is 4.90 Å². The molecule has 0 unspecified atom stereocenters. The quantitative estimate of drug-likeness (QED) is 0.854. The zero-order valence-corrected chi connectivity index (χ0v) is 11.0. The van der Waals surface area contributed by atoms with Crippen molar-refractivity contribution in [1.82, 2.24) is 9.88 Å². The molecule has 0 saturated carbocycles. The van der Waals surface area contributed by atoms with Gasteiger partial charge in [0.2, 0.25) is 0 Å². The first-order chi connectivity index (χ1) is 8.58. The number of thiazole rings is 1. The van der Waals surface area contributed by atoms with E-state index in [1.54, 1.807) is 36.5 Å². The Bertz CT molecular complexity index is 568. The number of nitrogens with zero attached hydrogens (tertiary/aromatic N) is 2. The summed E-state index contributed by atoms with van der Waals surface area (Å²) in [5.74, 6) is -0.374. The summed E-state index contributed by atoms with van der Waals surface area (Å²) < 4.78 is 13.0. The molecule has 1 amide bonds. The van der Waals surface area contributed by atoms with Gasteiger partial charge in [-0.05, 0) is 24.6 Å². The molecule has 1 aromatic carbocycles. The normalized spacial score (nSPS) is 10.4. The molecule has 2 aromatic rings. The minimum absolute atomic E-state index is 0.0840. The van der Waals surface area contributed by atoms with E-state index in [9.17, 15) is 9.18 Å². The van der Waals surface area contributed by atoms with Gasteiger partial charge in [-0.15, -0.1) is 11.3 Å². The highest BCUT2D eigenvalue weighted by Crippen LogP contribution is 2.16. The van der Waals surface area contributed by atoms with Crippen LogP contribution in [0, 0.1) is 12.7 Å². The van der Waals surface area contributed by atoms with Gasteiger partial charge in [-0.25, -0.2) is 9.37 Å². The minimum Gasteiger partial charge on any atom is -0.337 e. The lowest BCUT2D eigenvalue weighted by Crippen LogP contribution is -2.26. The summed E-state index contributed by atoms with van der Waals surface area (Å²) in [5.41, 5.74) is 3.16. The number of hydrogen-bond donors (Lipinski definition) is 0. The van der Waals surface area contributed by atoms with Crippen LogP contribution in [0.25, 0.3) is 0 Å². The third-order valence-electron chi connectivity index (χ3n) is 2.60. The molecule has 0 atom stereocenters. The molecule has 18 heavy (non-hydrogen) atoms. The molecule has 3 nitrogen and oxygen atoms in total. The number of amides is 1. The third-order valence-corrected chi connectivity index (χ3v) is 3.51. The Labute approximate surface area is 109 Å². The number of aryl methyl sites for hydroxylation is 1. The van der Waals surface area contributed by atoms with Gasteiger partial charge >= 0.3 is 0 Å². The van der Waals surface area contributed by atoms with E-state index in [0.717, 1.165) is 11.3 Å². The molecule has 1 heterocycles. The van der Waals surface area contributed by atoms with E-state index in [4.69, 9.17) is 0 Å². The fourth-order valence-corrected chi connectivity index (χ4v) is 2.46. The van der Waals surface area contributed by atoms with Gasteiger partial charge in [-0.2, -0.15) is 0 Å². The van der Waals surface area contributed by atoms with Crippen molar-refractivity contribution in [2.45, 2.75) is 13.5 Å². The fourth-order valence-electron chi connectivity index (χ4n) is 1.66. The van der Waals surface area contributed by atoms with Crippen LogP contribution in [0.3, 0.4) is 0 Å². The van der Waals surface area contributed by atoms with Crippen LogP contribution in [-0.2, 0) is 6.54 Å². The van der Waals surface area contributed by atoms with Gasteiger partial charge in [0.15, 0.2) is 0 Å². The van der Waals surface area contributed by atoms with E-state index in [1.165, 1.54) is 23.5 Å². The van der Waals surface area contributed by atoms with Gasteiger partial charge in [0, 0.05) is 13.6 Å². The molecule has 0 bridgehead atoms. The van der Waals surface area contributed by atoms with Crippen molar-refractivity contribution in [3.8, 4) is 0 Å². The summed E-state index contributed by atoms with van der Waals surface area (Å²) in [6, 6.07) is 6.26. The Morgan fingerprint density at radius 3 is 2.89 bits per heavy atom. The maximum atomic E-state index is 13.0. The highest BCUT2D eigenvalue weighted by Gasteiger charge is 2.16. The van der Waals surface area contributed by atoms with Gasteiger partial charge in [-0.3, -0.25) is 4.79 Å². The van der Waals surface area contributed by atoms with Crippen molar-refractivity contribution in [3.63, 3.8) is 0 Å².